The third-order valence-corrected chi connectivity index (χ3v) is 7.30. The first-order chi connectivity index (χ1) is 18.0. The molecule has 2 heterocycles. The molecule has 0 unspecified atom stereocenters. The molecule has 0 saturated carbocycles. The van der Waals surface area contributed by atoms with Gasteiger partial charge in [-0.1, -0.05) is 60.7 Å². The van der Waals surface area contributed by atoms with E-state index in [1.807, 2.05) is 18.2 Å². The van der Waals surface area contributed by atoms with Crippen molar-refractivity contribution in [3.8, 4) is 39.6 Å². The molecule has 3 heteroatoms. The van der Waals surface area contributed by atoms with Gasteiger partial charge in [-0.25, -0.2) is 4.57 Å². The standard InChI is InChI=1S/C34H27N2O/c1-21-16-17-36(4)30(18-21)31-22(2)10-13-28-29-15-12-26(20-35)32(34(29)37-33(28)31)25-11-14-27(23(3)19-25)24-8-6-5-7-9-24/h5-19H,1-4H3/q+1. The molecule has 0 atom stereocenters. The molecular weight excluding hydrogens is 452 g/mol. The maximum absolute atomic E-state index is 10.1. The minimum Gasteiger partial charge on any atom is -0.454 e. The average molecular weight is 480 g/mol. The molecule has 0 N–H and O–H groups in total. The number of hydrogen-bond acceptors (Lipinski definition) is 2. The fourth-order valence-electron chi connectivity index (χ4n) is 5.38. The summed E-state index contributed by atoms with van der Waals surface area (Å²) < 4.78 is 8.87. The van der Waals surface area contributed by atoms with Crippen LogP contribution >= 0.6 is 0 Å². The second kappa shape index (κ2) is 8.76. The topological polar surface area (TPSA) is 40.8 Å². The Labute approximate surface area is 216 Å². The van der Waals surface area contributed by atoms with Gasteiger partial charge in [-0.05, 0) is 66.3 Å². The lowest BCUT2D eigenvalue weighted by molar-refractivity contribution is -0.660. The second-order valence-electron chi connectivity index (χ2n) is 9.81. The molecule has 6 aromatic rings. The van der Waals surface area contributed by atoms with Gasteiger partial charge in [0.05, 0.1) is 17.2 Å². The third-order valence-electron chi connectivity index (χ3n) is 7.30. The highest BCUT2D eigenvalue weighted by Crippen LogP contribution is 2.42. The van der Waals surface area contributed by atoms with Crippen LogP contribution in [0.25, 0.3) is 55.4 Å². The lowest BCUT2D eigenvalue weighted by Crippen LogP contribution is -2.30. The highest BCUT2D eigenvalue weighted by molar-refractivity contribution is 6.14. The zero-order valence-corrected chi connectivity index (χ0v) is 21.5. The van der Waals surface area contributed by atoms with Crippen molar-refractivity contribution in [3.63, 3.8) is 0 Å². The van der Waals surface area contributed by atoms with E-state index in [9.17, 15) is 5.26 Å². The first kappa shape index (κ1) is 22.8. The van der Waals surface area contributed by atoms with Crippen LogP contribution in [0.15, 0.2) is 95.5 Å². The Hall–Kier alpha value is -4.68. The Morgan fingerprint density at radius 3 is 2.16 bits per heavy atom. The van der Waals surface area contributed by atoms with Gasteiger partial charge in [0.15, 0.2) is 6.20 Å². The van der Waals surface area contributed by atoms with Crippen LogP contribution in [-0.4, -0.2) is 0 Å². The summed E-state index contributed by atoms with van der Waals surface area (Å²) in [6.07, 6.45) is 2.09. The normalized spacial score (nSPS) is 11.2. The van der Waals surface area contributed by atoms with E-state index >= 15 is 0 Å². The number of nitrogens with zero attached hydrogens (tertiary/aromatic N) is 2. The van der Waals surface area contributed by atoms with E-state index in [1.54, 1.807) is 0 Å². The van der Waals surface area contributed by atoms with Gasteiger partial charge < -0.3 is 4.42 Å². The van der Waals surface area contributed by atoms with Crippen molar-refractivity contribution >= 4 is 21.9 Å². The van der Waals surface area contributed by atoms with E-state index in [-0.39, 0.29) is 0 Å². The quantitative estimate of drug-likeness (QED) is 0.240. The lowest BCUT2D eigenvalue weighted by Gasteiger charge is -2.11. The molecule has 0 spiro atoms. The molecule has 0 aliphatic rings. The lowest BCUT2D eigenvalue weighted by atomic mass is 9.92. The van der Waals surface area contributed by atoms with E-state index in [0.29, 0.717) is 5.56 Å². The maximum Gasteiger partial charge on any atom is 0.216 e. The van der Waals surface area contributed by atoms with Crippen LogP contribution in [0.5, 0.6) is 0 Å². The highest BCUT2D eigenvalue weighted by Gasteiger charge is 2.23. The summed E-state index contributed by atoms with van der Waals surface area (Å²) in [5.41, 5.74) is 12.1. The van der Waals surface area contributed by atoms with E-state index < -0.39 is 0 Å². The fraction of sp³-hybridized carbons (Fsp3) is 0.118. The summed E-state index contributed by atoms with van der Waals surface area (Å²) in [6, 6.07) is 31.7. The van der Waals surface area contributed by atoms with Gasteiger partial charge in [0.1, 0.15) is 18.2 Å². The van der Waals surface area contributed by atoms with Crippen molar-refractivity contribution in [2.24, 2.45) is 7.05 Å². The van der Waals surface area contributed by atoms with Gasteiger partial charge in [0.25, 0.3) is 0 Å². The summed E-state index contributed by atoms with van der Waals surface area (Å²) in [5.74, 6) is 0. The summed E-state index contributed by atoms with van der Waals surface area (Å²) in [5, 5.41) is 12.1. The van der Waals surface area contributed by atoms with E-state index in [4.69, 9.17) is 4.42 Å². The molecule has 0 saturated heterocycles. The minimum atomic E-state index is 0.609. The van der Waals surface area contributed by atoms with Crippen LogP contribution in [-0.2, 0) is 7.05 Å². The van der Waals surface area contributed by atoms with Crippen LogP contribution in [0.4, 0.5) is 0 Å². The summed E-state index contributed by atoms with van der Waals surface area (Å²) in [6.45, 7) is 6.35. The van der Waals surface area contributed by atoms with Crippen molar-refractivity contribution in [2.45, 2.75) is 20.8 Å². The molecule has 0 aliphatic heterocycles. The van der Waals surface area contributed by atoms with E-state index in [1.165, 1.54) is 16.7 Å². The van der Waals surface area contributed by atoms with Crippen molar-refractivity contribution in [1.29, 1.82) is 5.26 Å². The van der Waals surface area contributed by atoms with Gasteiger partial charge in [0, 0.05) is 28.5 Å². The molecule has 0 radical (unpaired) electrons. The Kier molecular flexibility index (Phi) is 5.39. The van der Waals surface area contributed by atoms with Gasteiger partial charge in [-0.3, -0.25) is 0 Å². The monoisotopic (exact) mass is 479 g/mol. The van der Waals surface area contributed by atoms with Crippen LogP contribution in [0, 0.1) is 32.1 Å². The predicted octanol–water partition coefficient (Wildman–Crippen LogP) is 8.21. The van der Waals surface area contributed by atoms with Crippen molar-refractivity contribution in [2.75, 3.05) is 0 Å². The van der Waals surface area contributed by atoms with Gasteiger partial charge in [-0.2, -0.15) is 5.26 Å². The Balaban J connectivity index is 1.64. The number of benzene rings is 4. The van der Waals surface area contributed by atoms with Crippen LogP contribution in [0.2, 0.25) is 0 Å². The maximum atomic E-state index is 10.1. The van der Waals surface area contributed by atoms with Gasteiger partial charge >= 0.3 is 0 Å². The number of nitriles is 1. The van der Waals surface area contributed by atoms with Crippen molar-refractivity contribution < 1.29 is 8.98 Å². The Morgan fingerprint density at radius 1 is 0.703 bits per heavy atom. The van der Waals surface area contributed by atoms with Crippen molar-refractivity contribution in [3.05, 3.63) is 113 Å². The highest BCUT2D eigenvalue weighted by atomic mass is 16.3. The number of furan rings is 1. The van der Waals surface area contributed by atoms with Gasteiger partial charge in [-0.15, -0.1) is 0 Å². The molecule has 37 heavy (non-hydrogen) atoms. The minimum absolute atomic E-state index is 0.609. The largest absolute Gasteiger partial charge is 0.454 e. The summed E-state index contributed by atoms with van der Waals surface area (Å²) in [7, 11) is 2.06. The predicted molar refractivity (Wildman–Crippen MR) is 150 cm³/mol. The van der Waals surface area contributed by atoms with Crippen molar-refractivity contribution in [1.82, 2.24) is 0 Å². The molecule has 0 fully saturated rings. The molecule has 178 valence electrons. The molecule has 6 rings (SSSR count). The summed E-state index contributed by atoms with van der Waals surface area (Å²) in [4.78, 5) is 0. The summed E-state index contributed by atoms with van der Waals surface area (Å²) >= 11 is 0. The fourth-order valence-corrected chi connectivity index (χ4v) is 5.38. The first-order valence-electron chi connectivity index (χ1n) is 12.5. The number of fused-ring (bicyclic) bond motifs is 3. The smallest absolute Gasteiger partial charge is 0.216 e. The number of rotatable bonds is 3. The van der Waals surface area contributed by atoms with E-state index in [2.05, 4.69) is 111 Å². The SMILES string of the molecule is Cc1cc[n+](C)c(-c2c(C)ccc3c2oc2c(-c4ccc(-c5ccccc5)c(C)c4)c(C#N)ccc23)c1. The molecule has 2 aromatic heterocycles. The molecule has 3 nitrogen and oxygen atoms in total. The average Bonchev–Trinajstić information content (AvgIpc) is 3.28. The van der Waals surface area contributed by atoms with Crippen LogP contribution < -0.4 is 4.57 Å². The third kappa shape index (κ3) is 3.70. The first-order valence-corrected chi connectivity index (χ1v) is 12.5. The number of aryl methyl sites for hydroxylation is 4. The number of pyridine rings is 1. The Bertz CT molecular complexity index is 1870. The molecule has 0 aliphatic carbocycles. The second-order valence-corrected chi connectivity index (χ2v) is 9.81. The zero-order valence-electron chi connectivity index (χ0n) is 21.5. The molecular formula is C34H27N2O+. The molecule has 4 aromatic carbocycles. The van der Waals surface area contributed by atoms with Crippen LogP contribution in [0.1, 0.15) is 22.3 Å². The van der Waals surface area contributed by atoms with Gasteiger partial charge in [0.2, 0.25) is 5.69 Å². The molecule has 0 amide bonds. The number of hydrogen-bond donors (Lipinski definition) is 0. The van der Waals surface area contributed by atoms with E-state index in [0.717, 1.165) is 55.4 Å². The Morgan fingerprint density at radius 2 is 1.43 bits per heavy atom. The van der Waals surface area contributed by atoms with Crippen LogP contribution in [0.3, 0.4) is 0 Å². The molecule has 0 bridgehead atoms. The zero-order chi connectivity index (χ0) is 25.7. The number of aromatic nitrogens is 1.